The van der Waals surface area contributed by atoms with Crippen molar-refractivity contribution in [2.45, 2.75) is 38.4 Å². The van der Waals surface area contributed by atoms with E-state index in [2.05, 4.69) is 34.7 Å². The molecule has 2 N–H and O–H groups in total. The number of nitrogens with zero attached hydrogens (tertiary/aromatic N) is 3. The summed E-state index contributed by atoms with van der Waals surface area (Å²) >= 11 is 0. The number of pyridine rings is 1. The standard InChI is InChI=1S/C16H26N4O/c1-16(2)6-5-14(21-16)12-19-7-9-20(10-8-19)13-3-4-15(17)18-11-13/h3-4,11,14H,5-10,12H2,1-2H3,(H2,17,18). The lowest BCUT2D eigenvalue weighted by atomic mass is 10.1. The van der Waals surface area contributed by atoms with E-state index in [1.165, 1.54) is 18.5 Å². The fourth-order valence-electron chi connectivity index (χ4n) is 3.27. The van der Waals surface area contributed by atoms with Crippen molar-refractivity contribution in [3.8, 4) is 0 Å². The molecule has 0 radical (unpaired) electrons. The van der Waals surface area contributed by atoms with Crippen molar-refractivity contribution < 1.29 is 4.74 Å². The number of rotatable bonds is 3. The average molecular weight is 290 g/mol. The lowest BCUT2D eigenvalue weighted by molar-refractivity contribution is -0.0291. The monoisotopic (exact) mass is 290 g/mol. The molecule has 3 rings (SSSR count). The number of aromatic nitrogens is 1. The van der Waals surface area contributed by atoms with E-state index in [4.69, 9.17) is 10.5 Å². The smallest absolute Gasteiger partial charge is 0.123 e. The number of piperazine rings is 1. The quantitative estimate of drug-likeness (QED) is 0.919. The molecule has 1 aromatic rings. The molecule has 116 valence electrons. The first kappa shape index (κ1) is 14.6. The van der Waals surface area contributed by atoms with Crippen LogP contribution in [0.3, 0.4) is 0 Å². The van der Waals surface area contributed by atoms with E-state index < -0.39 is 0 Å². The third-order valence-corrected chi connectivity index (χ3v) is 4.52. The number of anilines is 2. The molecule has 0 aliphatic carbocycles. The zero-order valence-corrected chi connectivity index (χ0v) is 13.1. The van der Waals surface area contributed by atoms with E-state index in [9.17, 15) is 0 Å². The molecule has 0 spiro atoms. The summed E-state index contributed by atoms with van der Waals surface area (Å²) in [5.41, 5.74) is 6.88. The molecule has 5 heteroatoms. The van der Waals surface area contributed by atoms with Gasteiger partial charge >= 0.3 is 0 Å². The van der Waals surface area contributed by atoms with Crippen molar-refractivity contribution in [3.05, 3.63) is 18.3 Å². The second-order valence-electron chi connectivity index (χ2n) is 6.77. The molecule has 2 saturated heterocycles. The first-order valence-corrected chi connectivity index (χ1v) is 7.88. The van der Waals surface area contributed by atoms with Crippen molar-refractivity contribution in [1.29, 1.82) is 0 Å². The van der Waals surface area contributed by atoms with E-state index >= 15 is 0 Å². The first-order chi connectivity index (χ1) is 10.0. The van der Waals surface area contributed by atoms with Gasteiger partial charge in [-0.25, -0.2) is 4.98 Å². The Morgan fingerprint density at radius 2 is 2.05 bits per heavy atom. The normalized spacial score (nSPS) is 26.2. The van der Waals surface area contributed by atoms with Gasteiger partial charge in [-0.3, -0.25) is 4.90 Å². The Hall–Kier alpha value is -1.33. The van der Waals surface area contributed by atoms with Crippen LogP contribution in [-0.2, 0) is 4.74 Å². The summed E-state index contributed by atoms with van der Waals surface area (Å²) in [6.45, 7) is 9.72. The topological polar surface area (TPSA) is 54.6 Å². The van der Waals surface area contributed by atoms with Crippen LogP contribution in [0.2, 0.25) is 0 Å². The van der Waals surface area contributed by atoms with E-state index in [1.54, 1.807) is 0 Å². The third-order valence-electron chi connectivity index (χ3n) is 4.52. The van der Waals surface area contributed by atoms with Gasteiger partial charge in [0.25, 0.3) is 0 Å². The molecule has 1 aromatic heterocycles. The maximum absolute atomic E-state index is 6.10. The molecule has 1 unspecified atom stereocenters. The van der Waals surface area contributed by atoms with E-state index in [0.717, 1.165) is 32.7 Å². The molecule has 0 amide bonds. The molecule has 21 heavy (non-hydrogen) atoms. The molecule has 5 nitrogen and oxygen atoms in total. The van der Waals surface area contributed by atoms with Crippen LogP contribution < -0.4 is 10.6 Å². The molecule has 0 saturated carbocycles. The maximum atomic E-state index is 6.10. The van der Waals surface area contributed by atoms with Crippen LogP contribution >= 0.6 is 0 Å². The Kier molecular flexibility index (Phi) is 4.04. The van der Waals surface area contributed by atoms with Gasteiger partial charge in [0.05, 0.1) is 23.6 Å². The molecule has 2 aliphatic rings. The number of ether oxygens (including phenoxy) is 1. The van der Waals surface area contributed by atoms with Gasteiger partial charge in [0.1, 0.15) is 5.82 Å². The molecule has 2 fully saturated rings. The zero-order chi connectivity index (χ0) is 14.9. The van der Waals surface area contributed by atoms with Crippen molar-refractivity contribution >= 4 is 11.5 Å². The minimum absolute atomic E-state index is 0.0716. The second kappa shape index (κ2) is 5.81. The fraction of sp³-hybridized carbons (Fsp3) is 0.688. The molecular formula is C16H26N4O. The third kappa shape index (κ3) is 3.66. The molecule has 0 aromatic carbocycles. The van der Waals surface area contributed by atoms with Crippen LogP contribution in [0.25, 0.3) is 0 Å². The van der Waals surface area contributed by atoms with Crippen LogP contribution in [0.5, 0.6) is 0 Å². The number of hydrogen-bond donors (Lipinski definition) is 1. The second-order valence-corrected chi connectivity index (χ2v) is 6.77. The highest BCUT2D eigenvalue weighted by atomic mass is 16.5. The van der Waals surface area contributed by atoms with Crippen molar-refractivity contribution in [1.82, 2.24) is 9.88 Å². The summed E-state index contributed by atoms with van der Waals surface area (Å²) in [5, 5.41) is 0. The zero-order valence-electron chi connectivity index (χ0n) is 13.1. The van der Waals surface area contributed by atoms with Crippen molar-refractivity contribution in [3.63, 3.8) is 0 Å². The van der Waals surface area contributed by atoms with Gasteiger partial charge in [-0.15, -0.1) is 0 Å². The Labute approximate surface area is 127 Å². The van der Waals surface area contributed by atoms with Gasteiger partial charge in [-0.1, -0.05) is 0 Å². The predicted molar refractivity (Wildman–Crippen MR) is 85.5 cm³/mol. The SMILES string of the molecule is CC1(C)CCC(CN2CCN(c3ccc(N)nc3)CC2)O1. The summed E-state index contributed by atoms with van der Waals surface area (Å²) in [6, 6.07) is 3.93. The molecule has 1 atom stereocenters. The fourth-order valence-corrected chi connectivity index (χ4v) is 3.27. The summed E-state index contributed by atoms with van der Waals surface area (Å²) in [5.74, 6) is 0.582. The molecular weight excluding hydrogens is 264 g/mol. The van der Waals surface area contributed by atoms with Crippen LogP contribution in [0.4, 0.5) is 11.5 Å². The Bertz CT molecular complexity index is 466. The van der Waals surface area contributed by atoms with Gasteiger partial charge in [-0.2, -0.15) is 0 Å². The number of nitrogen functional groups attached to an aromatic ring is 1. The lowest BCUT2D eigenvalue weighted by Crippen LogP contribution is -2.48. The Balaban J connectivity index is 1.48. The van der Waals surface area contributed by atoms with Crippen LogP contribution in [-0.4, -0.2) is 54.3 Å². The summed E-state index contributed by atoms with van der Waals surface area (Å²) in [7, 11) is 0. The van der Waals surface area contributed by atoms with Gasteiger partial charge in [-0.05, 0) is 38.8 Å². The lowest BCUT2D eigenvalue weighted by Gasteiger charge is -2.37. The van der Waals surface area contributed by atoms with Crippen molar-refractivity contribution in [2.24, 2.45) is 0 Å². The van der Waals surface area contributed by atoms with Gasteiger partial charge in [0.2, 0.25) is 0 Å². The summed E-state index contributed by atoms with van der Waals surface area (Å²) < 4.78 is 6.10. The van der Waals surface area contributed by atoms with Gasteiger partial charge in [0.15, 0.2) is 0 Å². The molecule has 2 aliphatic heterocycles. The number of nitrogens with two attached hydrogens (primary N) is 1. The largest absolute Gasteiger partial charge is 0.384 e. The molecule has 0 bridgehead atoms. The Morgan fingerprint density at radius 3 is 2.62 bits per heavy atom. The summed E-state index contributed by atoms with van der Waals surface area (Å²) in [4.78, 5) is 9.07. The van der Waals surface area contributed by atoms with E-state index in [1.807, 2.05) is 12.3 Å². The van der Waals surface area contributed by atoms with Gasteiger partial charge in [0, 0.05) is 32.7 Å². The Morgan fingerprint density at radius 1 is 1.29 bits per heavy atom. The average Bonchev–Trinajstić information content (AvgIpc) is 2.80. The van der Waals surface area contributed by atoms with Crippen LogP contribution in [0.1, 0.15) is 26.7 Å². The highest BCUT2D eigenvalue weighted by Crippen LogP contribution is 2.30. The number of hydrogen-bond acceptors (Lipinski definition) is 5. The summed E-state index contributed by atoms with van der Waals surface area (Å²) in [6.07, 6.45) is 4.64. The van der Waals surface area contributed by atoms with Crippen LogP contribution in [0.15, 0.2) is 18.3 Å². The van der Waals surface area contributed by atoms with E-state index in [0.29, 0.717) is 11.9 Å². The maximum Gasteiger partial charge on any atom is 0.123 e. The predicted octanol–water partition coefficient (Wildman–Crippen LogP) is 1.74. The first-order valence-electron chi connectivity index (χ1n) is 7.88. The molecule has 3 heterocycles. The minimum atomic E-state index is 0.0716. The van der Waals surface area contributed by atoms with Gasteiger partial charge < -0.3 is 15.4 Å². The highest BCUT2D eigenvalue weighted by molar-refractivity contribution is 5.48. The van der Waals surface area contributed by atoms with E-state index in [-0.39, 0.29) is 5.60 Å². The minimum Gasteiger partial charge on any atom is -0.384 e. The highest BCUT2D eigenvalue weighted by Gasteiger charge is 2.33. The van der Waals surface area contributed by atoms with Crippen molar-refractivity contribution in [2.75, 3.05) is 43.4 Å². The van der Waals surface area contributed by atoms with Crippen LogP contribution in [0, 0.1) is 0 Å².